The number of hydrogen-bond donors (Lipinski definition) is 2. The number of carbonyl (C=O) groups excluding carboxylic acids is 1. The molecule has 0 saturated carbocycles. The van der Waals surface area contributed by atoms with Gasteiger partial charge in [-0.2, -0.15) is 0 Å². The fourth-order valence-electron chi connectivity index (χ4n) is 2.13. The lowest BCUT2D eigenvalue weighted by atomic mass is 10.1. The quantitative estimate of drug-likeness (QED) is 0.699. The topological polar surface area (TPSA) is 87.7 Å². The first-order valence-electron chi connectivity index (χ1n) is 6.24. The van der Waals surface area contributed by atoms with Crippen LogP contribution in [0.25, 0.3) is 0 Å². The Morgan fingerprint density at radius 1 is 1.42 bits per heavy atom. The summed E-state index contributed by atoms with van der Waals surface area (Å²) in [5.74, 6) is 0. The zero-order valence-corrected chi connectivity index (χ0v) is 12.7. The Hall–Kier alpha value is -0.860. The molecule has 2 amide bonds. The van der Waals surface area contributed by atoms with Gasteiger partial charge in [-0.1, -0.05) is 0 Å². The minimum atomic E-state index is -3.21. The van der Waals surface area contributed by atoms with Gasteiger partial charge in [-0.3, -0.25) is 0 Å². The highest BCUT2D eigenvalue weighted by atomic mass is 32.2. The number of nitrogens with one attached hydrogen (secondary N) is 2. The number of nitrogens with zero attached hydrogens (tertiary/aromatic N) is 1. The number of rotatable bonds is 4. The van der Waals surface area contributed by atoms with Crippen molar-refractivity contribution in [3.63, 3.8) is 0 Å². The van der Waals surface area contributed by atoms with Crippen LogP contribution in [0.5, 0.6) is 0 Å². The molecular weight excluding hydrogens is 270 g/mol. The molecule has 7 nitrogen and oxygen atoms in total. The monoisotopic (exact) mass is 293 g/mol. The molecule has 0 aromatic heterocycles. The molecule has 0 spiro atoms. The minimum absolute atomic E-state index is 0.0105. The summed E-state index contributed by atoms with van der Waals surface area (Å²) in [4.78, 5) is 13.6. The van der Waals surface area contributed by atoms with Gasteiger partial charge in [0, 0.05) is 19.6 Å². The second-order valence-corrected chi connectivity index (χ2v) is 7.30. The molecule has 1 aliphatic rings. The van der Waals surface area contributed by atoms with Crippen molar-refractivity contribution >= 4 is 16.1 Å². The average molecular weight is 293 g/mol. The normalized spacial score (nSPS) is 23.2. The van der Waals surface area contributed by atoms with Gasteiger partial charge in [0.1, 0.15) is 0 Å². The van der Waals surface area contributed by atoms with Crippen molar-refractivity contribution in [1.82, 2.24) is 14.9 Å². The maximum absolute atomic E-state index is 11.9. The van der Waals surface area contributed by atoms with Crippen molar-refractivity contribution < 1.29 is 17.9 Å². The predicted molar refractivity (Wildman–Crippen MR) is 72.4 cm³/mol. The molecule has 19 heavy (non-hydrogen) atoms. The first-order chi connectivity index (χ1) is 8.59. The van der Waals surface area contributed by atoms with Gasteiger partial charge in [0.05, 0.1) is 24.5 Å². The fourth-order valence-corrected chi connectivity index (χ4v) is 2.60. The molecule has 1 rings (SSSR count). The number of carbonyl (C=O) groups is 1. The first-order valence-corrected chi connectivity index (χ1v) is 8.13. The van der Waals surface area contributed by atoms with Crippen molar-refractivity contribution in [2.24, 2.45) is 0 Å². The molecular formula is C11H23N3O4S. The summed E-state index contributed by atoms with van der Waals surface area (Å²) >= 11 is 0. The van der Waals surface area contributed by atoms with Crippen molar-refractivity contribution in [1.29, 1.82) is 0 Å². The van der Waals surface area contributed by atoms with Crippen LogP contribution in [0.15, 0.2) is 0 Å². The Balaban J connectivity index is 2.37. The van der Waals surface area contributed by atoms with E-state index in [1.807, 2.05) is 20.8 Å². The molecule has 112 valence electrons. The highest BCUT2D eigenvalue weighted by molar-refractivity contribution is 7.88. The third-order valence-electron chi connectivity index (χ3n) is 2.62. The standard InChI is InChI=1S/C11H23N3O4S/c1-9-7-14(8-11(2,3)18-9)10(15)12-5-6-13-19(4,16)17/h9,13H,5-8H2,1-4H3,(H,12,15). The lowest BCUT2D eigenvalue weighted by Gasteiger charge is -2.41. The van der Waals surface area contributed by atoms with Gasteiger partial charge in [-0.15, -0.1) is 0 Å². The van der Waals surface area contributed by atoms with Gasteiger partial charge >= 0.3 is 6.03 Å². The zero-order chi connectivity index (χ0) is 14.7. The van der Waals surface area contributed by atoms with E-state index in [-0.39, 0.29) is 30.8 Å². The number of urea groups is 1. The minimum Gasteiger partial charge on any atom is -0.369 e. The predicted octanol–water partition coefficient (Wildman–Crippen LogP) is -0.255. The van der Waals surface area contributed by atoms with Gasteiger partial charge in [0.25, 0.3) is 0 Å². The maximum atomic E-state index is 11.9. The smallest absolute Gasteiger partial charge is 0.317 e. The SMILES string of the molecule is CC1CN(C(=O)NCCNS(C)(=O)=O)CC(C)(C)O1. The van der Waals surface area contributed by atoms with Crippen LogP contribution < -0.4 is 10.0 Å². The summed E-state index contributed by atoms with van der Waals surface area (Å²) in [6.45, 7) is 7.30. The number of morpholine rings is 1. The highest BCUT2D eigenvalue weighted by Gasteiger charge is 2.33. The van der Waals surface area contributed by atoms with E-state index in [2.05, 4.69) is 10.0 Å². The molecule has 8 heteroatoms. The molecule has 1 heterocycles. The van der Waals surface area contributed by atoms with E-state index >= 15 is 0 Å². The maximum Gasteiger partial charge on any atom is 0.317 e. The van der Waals surface area contributed by atoms with Crippen LogP contribution in [-0.4, -0.2) is 63.5 Å². The molecule has 0 aliphatic carbocycles. The van der Waals surface area contributed by atoms with Crippen molar-refractivity contribution in [2.75, 3.05) is 32.4 Å². The Morgan fingerprint density at radius 3 is 2.58 bits per heavy atom. The average Bonchev–Trinajstić information content (AvgIpc) is 2.19. The van der Waals surface area contributed by atoms with Crippen LogP contribution in [0.2, 0.25) is 0 Å². The van der Waals surface area contributed by atoms with Gasteiger partial charge in [-0.05, 0) is 20.8 Å². The van der Waals surface area contributed by atoms with E-state index in [0.29, 0.717) is 13.1 Å². The van der Waals surface area contributed by atoms with E-state index < -0.39 is 10.0 Å². The lowest BCUT2D eigenvalue weighted by molar-refractivity contribution is -0.117. The molecule has 0 aromatic rings. The number of amides is 2. The second-order valence-electron chi connectivity index (χ2n) is 5.47. The van der Waals surface area contributed by atoms with Crippen molar-refractivity contribution in [3.8, 4) is 0 Å². The van der Waals surface area contributed by atoms with Crippen LogP contribution in [0.4, 0.5) is 4.79 Å². The van der Waals surface area contributed by atoms with Crippen molar-refractivity contribution in [3.05, 3.63) is 0 Å². The third-order valence-corrected chi connectivity index (χ3v) is 3.35. The van der Waals surface area contributed by atoms with Gasteiger partial charge in [-0.25, -0.2) is 17.9 Å². The summed E-state index contributed by atoms with van der Waals surface area (Å²) in [6.07, 6.45) is 1.07. The Morgan fingerprint density at radius 2 is 2.05 bits per heavy atom. The van der Waals surface area contributed by atoms with E-state index in [4.69, 9.17) is 4.74 Å². The zero-order valence-electron chi connectivity index (χ0n) is 11.9. The molecule has 1 unspecified atom stereocenters. The van der Waals surface area contributed by atoms with E-state index in [0.717, 1.165) is 6.26 Å². The van der Waals surface area contributed by atoms with Gasteiger partial charge in [0.2, 0.25) is 10.0 Å². The third kappa shape index (κ3) is 6.22. The highest BCUT2D eigenvalue weighted by Crippen LogP contribution is 2.20. The summed E-state index contributed by atoms with van der Waals surface area (Å²) < 4.78 is 29.7. The van der Waals surface area contributed by atoms with Crippen LogP contribution >= 0.6 is 0 Å². The summed E-state index contributed by atoms with van der Waals surface area (Å²) in [7, 11) is -3.21. The fraction of sp³-hybridized carbons (Fsp3) is 0.909. The van der Waals surface area contributed by atoms with E-state index in [9.17, 15) is 13.2 Å². The molecule has 1 saturated heterocycles. The Kier molecular flexibility index (Phi) is 5.17. The van der Waals surface area contributed by atoms with Gasteiger partial charge in [0.15, 0.2) is 0 Å². The first kappa shape index (κ1) is 16.2. The van der Waals surface area contributed by atoms with Crippen LogP contribution in [0.1, 0.15) is 20.8 Å². The van der Waals surface area contributed by atoms with Crippen molar-refractivity contribution in [2.45, 2.75) is 32.5 Å². The molecule has 1 fully saturated rings. The van der Waals surface area contributed by atoms with E-state index in [1.165, 1.54) is 0 Å². The number of sulfonamides is 1. The number of hydrogen-bond acceptors (Lipinski definition) is 4. The van der Waals surface area contributed by atoms with Gasteiger partial charge < -0.3 is 15.0 Å². The molecule has 2 N–H and O–H groups in total. The van der Waals surface area contributed by atoms with E-state index in [1.54, 1.807) is 4.90 Å². The summed E-state index contributed by atoms with van der Waals surface area (Å²) in [6, 6.07) is -0.196. The molecule has 0 radical (unpaired) electrons. The number of ether oxygens (including phenoxy) is 1. The molecule has 1 atom stereocenters. The molecule has 0 bridgehead atoms. The Labute approximate surface area is 114 Å². The lowest BCUT2D eigenvalue weighted by Crippen LogP contribution is -2.56. The largest absolute Gasteiger partial charge is 0.369 e. The summed E-state index contributed by atoms with van der Waals surface area (Å²) in [5, 5.41) is 2.69. The second kappa shape index (κ2) is 6.06. The molecule has 1 aliphatic heterocycles. The Bertz CT molecular complexity index is 422. The summed E-state index contributed by atoms with van der Waals surface area (Å²) in [5.41, 5.74) is -0.361. The van der Waals surface area contributed by atoms with Crippen LogP contribution in [-0.2, 0) is 14.8 Å². The van der Waals surface area contributed by atoms with Crippen LogP contribution in [0, 0.1) is 0 Å². The van der Waals surface area contributed by atoms with Crippen LogP contribution in [0.3, 0.4) is 0 Å². The molecule has 0 aromatic carbocycles.